The maximum absolute atomic E-state index is 10.9. The molecular weight excluding hydrogens is 218 g/mol. The number of nitrogens with two attached hydrogens (primary N) is 1. The van der Waals surface area contributed by atoms with E-state index in [1.807, 2.05) is 0 Å². The van der Waals surface area contributed by atoms with Gasteiger partial charge in [0.1, 0.15) is 6.61 Å². The second-order valence-electron chi connectivity index (χ2n) is 2.31. The minimum atomic E-state index is -1.03. The van der Waals surface area contributed by atoms with Gasteiger partial charge >= 0.3 is 0 Å². The molecule has 1 rings (SSSR count). The van der Waals surface area contributed by atoms with Crippen LogP contribution < -0.4 is 11.5 Å². The van der Waals surface area contributed by atoms with Crippen LogP contribution in [0.2, 0.25) is 0 Å². The van der Waals surface area contributed by atoms with Crippen molar-refractivity contribution in [2.24, 2.45) is 5.16 Å². The zero-order valence-corrected chi connectivity index (χ0v) is 8.45. The number of carbonyl (C=O) groups excluding carboxylic acids is 1. The van der Waals surface area contributed by atoms with Gasteiger partial charge in [-0.3, -0.25) is 10.5 Å². The lowest BCUT2D eigenvalue weighted by Gasteiger charge is -1.96. The van der Waals surface area contributed by atoms with Gasteiger partial charge in [0.05, 0.1) is 0 Å². The summed E-state index contributed by atoms with van der Waals surface area (Å²) in [5, 5.41) is 3.63. The van der Waals surface area contributed by atoms with Gasteiger partial charge in [0.25, 0.3) is 5.91 Å². The molecule has 3 N–H and O–H groups in total. The first kappa shape index (κ1) is 11.1. The van der Waals surface area contributed by atoms with Crippen molar-refractivity contribution in [2.75, 3.05) is 12.3 Å². The average molecular weight is 226 g/mol. The molecule has 0 fully saturated rings. The number of amides is 1. The third-order valence-corrected chi connectivity index (χ3v) is 1.76. The lowest BCUT2D eigenvalue weighted by atomic mass is 10.3. The lowest BCUT2D eigenvalue weighted by Crippen LogP contribution is -2.18. The molecule has 1 radical (unpaired) electrons. The molecule has 0 aromatic carbocycles. The van der Waals surface area contributed by atoms with Crippen LogP contribution in [0.1, 0.15) is 5.82 Å². The van der Waals surface area contributed by atoms with Crippen LogP contribution in [0.25, 0.3) is 0 Å². The van der Waals surface area contributed by atoms with Gasteiger partial charge in [-0.2, -0.15) is 9.36 Å². The topological polar surface area (TPSA) is 114 Å². The summed E-state index contributed by atoms with van der Waals surface area (Å²) in [5.74, 6) is -1.03. The van der Waals surface area contributed by atoms with E-state index in [4.69, 9.17) is 11.5 Å². The van der Waals surface area contributed by atoms with Crippen molar-refractivity contribution in [1.82, 2.24) is 15.1 Å². The summed E-state index contributed by atoms with van der Waals surface area (Å²) in [6.45, 7) is 3.54. The number of carbonyl (C=O) groups is 1. The molecule has 15 heavy (non-hydrogen) atoms. The maximum Gasteiger partial charge on any atom is 0.295 e. The number of nitrogen functional groups attached to an aromatic ring is 1. The van der Waals surface area contributed by atoms with Crippen LogP contribution >= 0.6 is 11.5 Å². The summed E-state index contributed by atoms with van der Waals surface area (Å²) >= 11 is 0.914. The zero-order chi connectivity index (χ0) is 11.3. The number of aromatic nitrogens is 2. The van der Waals surface area contributed by atoms with E-state index in [1.54, 1.807) is 0 Å². The molecule has 0 aliphatic carbocycles. The van der Waals surface area contributed by atoms with E-state index in [2.05, 4.69) is 25.9 Å². The van der Waals surface area contributed by atoms with Gasteiger partial charge in [-0.15, -0.1) is 0 Å². The van der Waals surface area contributed by atoms with Crippen molar-refractivity contribution >= 4 is 28.3 Å². The SMILES string of the molecule is C=CCON=C(C([NH])=O)c1nsc(N)n1. The molecule has 0 unspecified atom stereocenters. The van der Waals surface area contributed by atoms with Gasteiger partial charge in [-0.05, 0) is 0 Å². The Morgan fingerprint density at radius 1 is 1.80 bits per heavy atom. The standard InChI is InChI=1S/C7H8N5O2S/c1-2-3-14-11-4(5(8)13)6-10-7(9)15-12-6/h2,8H,1,3H2,(H2,9,10,12). The molecule has 0 bridgehead atoms. The molecule has 1 heterocycles. The average Bonchev–Trinajstić information content (AvgIpc) is 2.59. The summed E-state index contributed by atoms with van der Waals surface area (Å²) in [5.41, 5.74) is 12.0. The van der Waals surface area contributed by atoms with E-state index in [1.165, 1.54) is 6.08 Å². The maximum atomic E-state index is 10.9. The third-order valence-electron chi connectivity index (χ3n) is 1.22. The first-order valence-electron chi connectivity index (χ1n) is 3.81. The molecule has 0 aliphatic rings. The van der Waals surface area contributed by atoms with Gasteiger partial charge in [0, 0.05) is 11.5 Å². The Kier molecular flexibility index (Phi) is 3.75. The van der Waals surface area contributed by atoms with Crippen molar-refractivity contribution in [2.45, 2.75) is 0 Å². The molecule has 7 nitrogen and oxygen atoms in total. The number of hydrogen-bond acceptors (Lipinski definition) is 7. The predicted molar refractivity (Wildman–Crippen MR) is 55.1 cm³/mol. The first-order chi connectivity index (χ1) is 7.15. The van der Waals surface area contributed by atoms with E-state index in [-0.39, 0.29) is 23.3 Å². The minimum absolute atomic E-state index is 0.00145. The Morgan fingerprint density at radius 2 is 2.53 bits per heavy atom. The number of rotatable bonds is 5. The Hall–Kier alpha value is -1.96. The van der Waals surface area contributed by atoms with Gasteiger partial charge in [-0.1, -0.05) is 17.8 Å². The lowest BCUT2D eigenvalue weighted by molar-refractivity contribution is -0.112. The van der Waals surface area contributed by atoms with E-state index in [0.29, 0.717) is 0 Å². The quantitative estimate of drug-likeness (QED) is 0.324. The van der Waals surface area contributed by atoms with E-state index in [9.17, 15) is 4.79 Å². The van der Waals surface area contributed by atoms with E-state index < -0.39 is 5.91 Å². The smallest absolute Gasteiger partial charge is 0.295 e. The van der Waals surface area contributed by atoms with Crippen LogP contribution in [0.4, 0.5) is 5.13 Å². The molecule has 0 aliphatic heterocycles. The zero-order valence-electron chi connectivity index (χ0n) is 7.64. The highest BCUT2D eigenvalue weighted by Gasteiger charge is 2.17. The van der Waals surface area contributed by atoms with Crippen LogP contribution in [0.15, 0.2) is 17.8 Å². The summed E-state index contributed by atoms with van der Waals surface area (Å²) < 4.78 is 3.74. The van der Waals surface area contributed by atoms with Gasteiger partial charge in [-0.25, -0.2) is 0 Å². The molecule has 0 spiro atoms. The second kappa shape index (κ2) is 5.05. The fourth-order valence-corrected chi connectivity index (χ4v) is 1.10. The van der Waals surface area contributed by atoms with Crippen molar-refractivity contribution in [3.05, 3.63) is 18.5 Å². The number of oxime groups is 1. The van der Waals surface area contributed by atoms with Crippen LogP contribution in [0, 0.1) is 0 Å². The Bertz CT molecular complexity index is 400. The number of nitrogens with one attached hydrogen (secondary N) is 1. The van der Waals surface area contributed by atoms with E-state index in [0.717, 1.165) is 11.5 Å². The molecular formula is C7H8N5O2S. The van der Waals surface area contributed by atoms with Crippen LogP contribution in [-0.2, 0) is 9.63 Å². The summed E-state index contributed by atoms with van der Waals surface area (Å²) in [6.07, 6.45) is 1.46. The van der Waals surface area contributed by atoms with Crippen molar-refractivity contribution < 1.29 is 9.63 Å². The molecule has 1 aromatic heterocycles. The summed E-state index contributed by atoms with van der Waals surface area (Å²) in [7, 11) is 0. The minimum Gasteiger partial charge on any atom is -0.391 e. The second-order valence-corrected chi connectivity index (χ2v) is 3.09. The largest absolute Gasteiger partial charge is 0.391 e. The molecule has 8 heteroatoms. The van der Waals surface area contributed by atoms with Crippen LogP contribution in [0.5, 0.6) is 0 Å². The molecule has 0 saturated heterocycles. The van der Waals surface area contributed by atoms with Crippen LogP contribution in [0.3, 0.4) is 0 Å². The molecule has 0 saturated carbocycles. The fraction of sp³-hybridized carbons (Fsp3) is 0.143. The molecule has 1 aromatic rings. The summed E-state index contributed by atoms with van der Waals surface area (Å²) in [4.78, 5) is 19.3. The normalized spacial score (nSPS) is 11.1. The summed E-state index contributed by atoms with van der Waals surface area (Å²) in [6, 6.07) is 0. The van der Waals surface area contributed by atoms with Crippen LogP contribution in [-0.4, -0.2) is 27.6 Å². The molecule has 0 atom stereocenters. The molecule has 1 amide bonds. The monoisotopic (exact) mass is 226 g/mol. The highest BCUT2D eigenvalue weighted by molar-refractivity contribution is 7.09. The number of hydrogen-bond donors (Lipinski definition) is 1. The van der Waals surface area contributed by atoms with Gasteiger partial charge < -0.3 is 10.6 Å². The Labute approximate surface area is 89.6 Å². The first-order valence-corrected chi connectivity index (χ1v) is 4.59. The molecule has 79 valence electrons. The van der Waals surface area contributed by atoms with Gasteiger partial charge in [0.2, 0.25) is 11.5 Å². The van der Waals surface area contributed by atoms with Crippen molar-refractivity contribution in [3.63, 3.8) is 0 Å². The third kappa shape index (κ3) is 3.02. The predicted octanol–water partition coefficient (Wildman–Crippen LogP) is -0.164. The Balaban J connectivity index is 2.87. The van der Waals surface area contributed by atoms with Gasteiger partial charge in [0.15, 0.2) is 5.13 Å². The number of nitrogens with zero attached hydrogens (tertiary/aromatic N) is 3. The highest BCUT2D eigenvalue weighted by atomic mass is 32.1. The van der Waals surface area contributed by atoms with Crippen molar-refractivity contribution in [3.8, 4) is 0 Å². The number of anilines is 1. The van der Waals surface area contributed by atoms with E-state index >= 15 is 0 Å². The fourth-order valence-electron chi connectivity index (χ4n) is 0.670. The highest BCUT2D eigenvalue weighted by Crippen LogP contribution is 2.07. The Morgan fingerprint density at radius 3 is 3.00 bits per heavy atom. The van der Waals surface area contributed by atoms with Crippen molar-refractivity contribution in [1.29, 1.82) is 0 Å².